The summed E-state index contributed by atoms with van der Waals surface area (Å²) in [6.45, 7) is 0.0365. The van der Waals surface area contributed by atoms with E-state index in [9.17, 15) is 9.90 Å². The Kier molecular flexibility index (Phi) is 4.87. The Morgan fingerprint density at radius 2 is 1.74 bits per heavy atom. The Morgan fingerprint density at radius 1 is 0.943 bits per heavy atom. The Balaban J connectivity index is 1.62. The Bertz CT molecular complexity index is 1510. The van der Waals surface area contributed by atoms with E-state index in [2.05, 4.69) is 8.75 Å². The fourth-order valence-electron chi connectivity index (χ4n) is 4.34. The van der Waals surface area contributed by atoms with Crippen molar-refractivity contribution in [3.63, 3.8) is 0 Å². The zero-order valence-electron chi connectivity index (χ0n) is 18.6. The van der Waals surface area contributed by atoms with Gasteiger partial charge in [0.1, 0.15) is 16.8 Å². The number of hydrogen-bond donors (Lipinski definition) is 1. The molecular formula is C25H18N2O7S. The van der Waals surface area contributed by atoms with Crippen molar-refractivity contribution in [3.05, 3.63) is 71.3 Å². The van der Waals surface area contributed by atoms with E-state index in [1.54, 1.807) is 61.7 Å². The summed E-state index contributed by atoms with van der Waals surface area (Å²) < 4.78 is 36.0. The number of hydrogen-bond acceptors (Lipinski definition) is 10. The van der Waals surface area contributed by atoms with Crippen LogP contribution >= 0.6 is 11.7 Å². The number of nitrogens with zero attached hydrogens (tertiary/aromatic N) is 2. The van der Waals surface area contributed by atoms with E-state index < -0.39 is 11.8 Å². The van der Waals surface area contributed by atoms with Crippen LogP contribution in [-0.4, -0.2) is 40.8 Å². The minimum Gasteiger partial charge on any atom is -0.497 e. The lowest BCUT2D eigenvalue weighted by atomic mass is 9.87. The third-order valence-electron chi connectivity index (χ3n) is 6.00. The van der Waals surface area contributed by atoms with E-state index in [0.717, 1.165) is 11.7 Å². The van der Waals surface area contributed by atoms with E-state index in [0.29, 0.717) is 50.7 Å². The molecule has 2 aliphatic heterocycles. The van der Waals surface area contributed by atoms with E-state index in [-0.39, 0.29) is 17.9 Å². The number of rotatable bonds is 5. The van der Waals surface area contributed by atoms with Gasteiger partial charge in [-0.2, -0.15) is 8.75 Å². The first kappa shape index (κ1) is 21.4. The fourth-order valence-corrected chi connectivity index (χ4v) is 4.86. The predicted molar refractivity (Wildman–Crippen MR) is 126 cm³/mol. The highest BCUT2D eigenvalue weighted by Gasteiger charge is 2.49. The zero-order valence-corrected chi connectivity index (χ0v) is 19.4. The minimum atomic E-state index is -2.07. The van der Waals surface area contributed by atoms with Gasteiger partial charge in [-0.25, -0.2) is 4.79 Å². The molecule has 3 aromatic carbocycles. The van der Waals surface area contributed by atoms with Gasteiger partial charge in [0.25, 0.3) is 5.79 Å². The number of carbonyl (C=O) groups excluding carboxylic acids is 1. The first-order valence-corrected chi connectivity index (χ1v) is 11.3. The highest BCUT2D eigenvalue weighted by molar-refractivity contribution is 7.00. The number of esters is 1. The van der Waals surface area contributed by atoms with Crippen LogP contribution in [-0.2, 0) is 15.3 Å². The molecule has 1 atom stereocenters. The summed E-state index contributed by atoms with van der Waals surface area (Å²) >= 11 is 1.08. The number of methoxy groups -OCH3 is 2. The van der Waals surface area contributed by atoms with Crippen molar-refractivity contribution >= 4 is 39.9 Å². The van der Waals surface area contributed by atoms with Crippen molar-refractivity contribution in [3.8, 4) is 23.0 Å². The van der Waals surface area contributed by atoms with Gasteiger partial charge in [-0.3, -0.25) is 0 Å². The summed E-state index contributed by atoms with van der Waals surface area (Å²) in [6.07, 6.45) is 0. The van der Waals surface area contributed by atoms with Crippen LogP contribution in [0.4, 0.5) is 0 Å². The second-order valence-corrected chi connectivity index (χ2v) is 8.42. The number of benzene rings is 3. The number of ether oxygens (including phenoxy) is 5. The average molecular weight is 490 g/mol. The molecule has 0 bridgehead atoms. The number of cyclic esters (lactones) is 1. The van der Waals surface area contributed by atoms with Crippen LogP contribution in [0.25, 0.3) is 22.2 Å². The zero-order chi connectivity index (χ0) is 24.2. The summed E-state index contributed by atoms with van der Waals surface area (Å²) in [5.41, 5.74) is 3.16. The maximum Gasteiger partial charge on any atom is 0.342 e. The molecule has 0 aliphatic carbocycles. The normalized spacial score (nSPS) is 18.8. The summed E-state index contributed by atoms with van der Waals surface area (Å²) in [5.74, 6) is -0.894. The molecule has 0 fully saturated rings. The molecule has 0 radical (unpaired) electrons. The van der Waals surface area contributed by atoms with Gasteiger partial charge in [-0.05, 0) is 59.7 Å². The van der Waals surface area contributed by atoms with Crippen LogP contribution in [0.5, 0.6) is 23.0 Å². The number of aromatic nitrogens is 2. The van der Waals surface area contributed by atoms with Gasteiger partial charge >= 0.3 is 5.97 Å². The topological polar surface area (TPSA) is 109 Å². The monoisotopic (exact) mass is 490 g/mol. The Labute approximate surface area is 203 Å². The summed E-state index contributed by atoms with van der Waals surface area (Å²) in [4.78, 5) is 13.4. The highest BCUT2D eigenvalue weighted by atomic mass is 32.1. The molecule has 4 aromatic rings. The van der Waals surface area contributed by atoms with Crippen LogP contribution in [0.3, 0.4) is 0 Å². The molecule has 2 aliphatic rings. The predicted octanol–water partition coefficient (Wildman–Crippen LogP) is 3.75. The van der Waals surface area contributed by atoms with Crippen LogP contribution in [0.1, 0.15) is 16.7 Å². The second-order valence-electron chi connectivity index (χ2n) is 7.89. The van der Waals surface area contributed by atoms with Gasteiger partial charge in [0.15, 0.2) is 11.5 Å². The van der Waals surface area contributed by atoms with Crippen molar-refractivity contribution in [1.29, 1.82) is 0 Å². The molecule has 9 nitrogen and oxygen atoms in total. The quantitative estimate of drug-likeness (QED) is 0.418. The molecule has 3 heterocycles. The largest absolute Gasteiger partial charge is 0.497 e. The van der Waals surface area contributed by atoms with Crippen LogP contribution in [0.15, 0.2) is 54.6 Å². The molecule has 176 valence electrons. The Morgan fingerprint density at radius 3 is 2.51 bits per heavy atom. The van der Waals surface area contributed by atoms with Gasteiger partial charge < -0.3 is 28.8 Å². The molecule has 35 heavy (non-hydrogen) atoms. The second kappa shape index (κ2) is 7.97. The van der Waals surface area contributed by atoms with Gasteiger partial charge in [-0.15, -0.1) is 0 Å². The lowest BCUT2D eigenvalue weighted by Gasteiger charge is -2.26. The van der Waals surface area contributed by atoms with Crippen molar-refractivity contribution in [2.45, 2.75) is 5.79 Å². The van der Waals surface area contributed by atoms with Gasteiger partial charge in [0.2, 0.25) is 12.5 Å². The van der Waals surface area contributed by atoms with Gasteiger partial charge in [-0.1, -0.05) is 6.07 Å². The molecule has 0 saturated carbocycles. The van der Waals surface area contributed by atoms with Crippen molar-refractivity contribution in [1.82, 2.24) is 8.75 Å². The van der Waals surface area contributed by atoms with E-state index in [1.165, 1.54) is 7.11 Å². The molecule has 10 heteroatoms. The Hall–Kier alpha value is -4.15. The lowest BCUT2D eigenvalue weighted by molar-refractivity contribution is -0.178. The lowest BCUT2D eigenvalue weighted by Crippen LogP contribution is -2.28. The van der Waals surface area contributed by atoms with E-state index in [4.69, 9.17) is 23.7 Å². The molecule has 1 aromatic heterocycles. The molecule has 0 amide bonds. The fraction of sp³-hybridized carbons (Fsp3) is 0.160. The van der Waals surface area contributed by atoms with Crippen LogP contribution < -0.4 is 18.9 Å². The first-order valence-electron chi connectivity index (χ1n) is 10.6. The van der Waals surface area contributed by atoms with Crippen molar-refractivity contribution in [2.75, 3.05) is 21.0 Å². The maximum atomic E-state index is 13.4. The summed E-state index contributed by atoms with van der Waals surface area (Å²) in [7, 11) is 3.05. The molecule has 0 spiro atoms. The van der Waals surface area contributed by atoms with E-state index in [1.807, 2.05) is 0 Å². The average Bonchev–Trinajstić information content (AvgIpc) is 3.60. The molecule has 6 rings (SSSR count). The maximum absolute atomic E-state index is 13.4. The molecule has 1 unspecified atom stereocenters. The van der Waals surface area contributed by atoms with Crippen LogP contribution in [0.2, 0.25) is 0 Å². The third-order valence-corrected chi connectivity index (χ3v) is 6.56. The van der Waals surface area contributed by atoms with E-state index >= 15 is 0 Å². The standard InChI is InChI=1S/C25H18N2O7S/c1-30-16-6-4-15(5-7-16)25(29)22(13-3-8-17-18(9-13)27-35-26-17)21(24(28)34-25)14-10-19(31-2)23-20(11-14)32-12-33-23/h3-11,29H,12H2,1-2H3. The smallest absolute Gasteiger partial charge is 0.342 e. The molecule has 1 N–H and O–H groups in total. The highest BCUT2D eigenvalue weighted by Crippen LogP contribution is 2.51. The van der Waals surface area contributed by atoms with Gasteiger partial charge in [0, 0.05) is 5.56 Å². The SMILES string of the molecule is COc1ccc(C2(O)OC(=O)C(c3cc(OC)c4c(c3)OCO4)=C2c2ccc3nsnc3c2)cc1. The third kappa shape index (κ3) is 3.29. The number of fused-ring (bicyclic) bond motifs is 2. The van der Waals surface area contributed by atoms with Crippen molar-refractivity contribution in [2.24, 2.45) is 0 Å². The number of carbonyl (C=O) groups is 1. The molecular weight excluding hydrogens is 472 g/mol. The van der Waals surface area contributed by atoms with Gasteiger partial charge in [0.05, 0.1) is 37.1 Å². The summed E-state index contributed by atoms with van der Waals surface area (Å²) in [6, 6.07) is 15.3. The molecule has 0 saturated heterocycles. The number of aliphatic hydroxyl groups is 1. The summed E-state index contributed by atoms with van der Waals surface area (Å²) in [5, 5.41) is 11.9. The van der Waals surface area contributed by atoms with Crippen molar-refractivity contribution < 1.29 is 33.6 Å². The minimum absolute atomic E-state index is 0.0365. The first-order chi connectivity index (χ1) is 17.0. The van der Waals surface area contributed by atoms with Crippen LogP contribution in [0, 0.1) is 0 Å².